The molecule has 0 bridgehead atoms. The molecule has 0 spiro atoms. The van der Waals surface area contributed by atoms with E-state index in [2.05, 4.69) is 10.3 Å². The average molecular weight is 372 g/mol. The van der Waals surface area contributed by atoms with Gasteiger partial charge in [0, 0.05) is 11.5 Å². The van der Waals surface area contributed by atoms with Gasteiger partial charge in [0.1, 0.15) is 0 Å². The predicted octanol–water partition coefficient (Wildman–Crippen LogP) is 4.54. The zero-order valence-electron chi connectivity index (χ0n) is 13.7. The maximum absolute atomic E-state index is 12.1. The van der Waals surface area contributed by atoms with Crippen LogP contribution in [0.25, 0.3) is 16.6 Å². The molecule has 2 heterocycles. The van der Waals surface area contributed by atoms with Crippen LogP contribution in [0.2, 0.25) is 0 Å². The van der Waals surface area contributed by atoms with Crippen LogP contribution in [0.1, 0.15) is 5.56 Å². The lowest BCUT2D eigenvalue weighted by atomic mass is 10.2. The van der Waals surface area contributed by atoms with Crippen molar-refractivity contribution in [3.05, 3.63) is 52.7 Å². The van der Waals surface area contributed by atoms with Crippen LogP contribution >= 0.6 is 22.7 Å². The second kappa shape index (κ2) is 7.96. The maximum Gasteiger partial charge on any atom is 0.250 e. The van der Waals surface area contributed by atoms with Crippen molar-refractivity contribution in [2.75, 3.05) is 19.5 Å². The minimum atomic E-state index is -0.234. The Morgan fingerprint density at radius 3 is 2.72 bits per heavy atom. The SMILES string of the molecule is COc1ccc(C=CC(=O)Nc2nc(-c3cccs3)cs2)cc1OC. The molecule has 0 saturated carbocycles. The second-order valence-corrected chi connectivity index (χ2v) is 6.76. The summed E-state index contributed by atoms with van der Waals surface area (Å²) in [6.07, 6.45) is 3.18. The molecule has 1 aromatic carbocycles. The first kappa shape index (κ1) is 17.2. The first-order chi connectivity index (χ1) is 12.2. The number of aromatic nitrogens is 1. The van der Waals surface area contributed by atoms with Gasteiger partial charge in [-0.3, -0.25) is 10.1 Å². The van der Waals surface area contributed by atoms with Crippen molar-refractivity contribution in [3.8, 4) is 22.1 Å². The average Bonchev–Trinajstić information content (AvgIpc) is 3.31. The number of methoxy groups -OCH3 is 2. The number of carbonyl (C=O) groups is 1. The molecule has 0 aliphatic heterocycles. The monoisotopic (exact) mass is 372 g/mol. The molecule has 7 heteroatoms. The molecule has 25 heavy (non-hydrogen) atoms. The number of nitrogens with zero attached hydrogens (tertiary/aromatic N) is 1. The molecule has 5 nitrogen and oxygen atoms in total. The van der Waals surface area contributed by atoms with Crippen molar-refractivity contribution in [2.45, 2.75) is 0 Å². The van der Waals surface area contributed by atoms with Gasteiger partial charge in [-0.25, -0.2) is 4.98 Å². The summed E-state index contributed by atoms with van der Waals surface area (Å²) in [5.41, 5.74) is 1.71. The number of thiazole rings is 1. The van der Waals surface area contributed by atoms with Gasteiger partial charge in [-0.15, -0.1) is 22.7 Å². The molecule has 0 fully saturated rings. The van der Waals surface area contributed by atoms with Gasteiger partial charge in [0.15, 0.2) is 16.6 Å². The van der Waals surface area contributed by atoms with E-state index < -0.39 is 0 Å². The molecule has 2 aromatic heterocycles. The predicted molar refractivity (Wildman–Crippen MR) is 103 cm³/mol. The van der Waals surface area contributed by atoms with Crippen LogP contribution in [0.4, 0.5) is 5.13 Å². The maximum atomic E-state index is 12.1. The summed E-state index contributed by atoms with van der Waals surface area (Å²) in [7, 11) is 3.16. The number of thiophene rings is 1. The van der Waals surface area contributed by atoms with E-state index in [9.17, 15) is 4.79 Å². The number of rotatable bonds is 6. The van der Waals surface area contributed by atoms with Gasteiger partial charge < -0.3 is 9.47 Å². The molecule has 0 saturated heterocycles. The molecular formula is C18H16N2O3S2. The third-order valence-corrected chi connectivity index (χ3v) is 4.99. The zero-order valence-corrected chi connectivity index (χ0v) is 15.3. The van der Waals surface area contributed by atoms with Crippen LogP contribution in [0.15, 0.2) is 47.2 Å². The fourth-order valence-corrected chi connectivity index (χ4v) is 3.62. The minimum absolute atomic E-state index is 0.234. The molecule has 0 radical (unpaired) electrons. The van der Waals surface area contributed by atoms with E-state index in [1.165, 1.54) is 17.4 Å². The molecule has 0 atom stereocenters. The molecular weight excluding hydrogens is 356 g/mol. The molecule has 0 aliphatic carbocycles. The Labute approximate surface area is 153 Å². The fourth-order valence-electron chi connectivity index (χ4n) is 2.14. The van der Waals surface area contributed by atoms with Crippen LogP contribution in [0.5, 0.6) is 11.5 Å². The topological polar surface area (TPSA) is 60.5 Å². The first-order valence-corrected chi connectivity index (χ1v) is 9.16. The van der Waals surface area contributed by atoms with Gasteiger partial charge in [0.2, 0.25) is 5.91 Å². The molecule has 1 amide bonds. The number of anilines is 1. The Morgan fingerprint density at radius 2 is 2.00 bits per heavy atom. The largest absolute Gasteiger partial charge is 0.493 e. The summed E-state index contributed by atoms with van der Waals surface area (Å²) in [6, 6.07) is 9.43. The third kappa shape index (κ3) is 4.26. The highest BCUT2D eigenvalue weighted by Crippen LogP contribution is 2.29. The van der Waals surface area contributed by atoms with E-state index in [1.807, 2.05) is 29.0 Å². The van der Waals surface area contributed by atoms with Crippen LogP contribution in [0.3, 0.4) is 0 Å². The molecule has 0 unspecified atom stereocenters. The molecule has 3 aromatic rings. The molecule has 3 rings (SSSR count). The van der Waals surface area contributed by atoms with Gasteiger partial charge in [-0.1, -0.05) is 12.1 Å². The van der Waals surface area contributed by atoms with Crippen molar-refractivity contribution >= 4 is 39.8 Å². The summed E-state index contributed by atoms with van der Waals surface area (Å²) in [5.74, 6) is 1.03. The van der Waals surface area contributed by atoms with E-state index in [0.29, 0.717) is 16.6 Å². The summed E-state index contributed by atoms with van der Waals surface area (Å²) >= 11 is 3.02. The summed E-state index contributed by atoms with van der Waals surface area (Å²) in [5, 5.41) is 7.28. The summed E-state index contributed by atoms with van der Waals surface area (Å²) in [6.45, 7) is 0. The Balaban J connectivity index is 1.65. The number of hydrogen-bond acceptors (Lipinski definition) is 6. The van der Waals surface area contributed by atoms with Crippen LogP contribution < -0.4 is 14.8 Å². The van der Waals surface area contributed by atoms with Crippen LogP contribution in [-0.2, 0) is 4.79 Å². The fraction of sp³-hybridized carbons (Fsp3) is 0.111. The molecule has 1 N–H and O–H groups in total. The second-order valence-electron chi connectivity index (χ2n) is 4.95. The van der Waals surface area contributed by atoms with Crippen molar-refractivity contribution in [2.24, 2.45) is 0 Å². The lowest BCUT2D eigenvalue weighted by Crippen LogP contribution is -2.07. The first-order valence-electron chi connectivity index (χ1n) is 7.40. The van der Waals surface area contributed by atoms with Crippen molar-refractivity contribution in [1.29, 1.82) is 0 Å². The van der Waals surface area contributed by atoms with Crippen LogP contribution in [-0.4, -0.2) is 25.1 Å². The van der Waals surface area contributed by atoms with Gasteiger partial charge in [0.05, 0.1) is 24.8 Å². The lowest BCUT2D eigenvalue weighted by molar-refractivity contribution is -0.111. The van der Waals surface area contributed by atoms with Gasteiger partial charge in [-0.05, 0) is 35.2 Å². The standard InChI is InChI=1S/C18H16N2O3S2/c1-22-14-7-5-12(10-15(14)23-2)6-8-17(21)20-18-19-13(11-25-18)16-4-3-9-24-16/h3-11H,1-2H3,(H,19,20,21). The number of ether oxygens (including phenoxy) is 2. The molecule has 0 aliphatic rings. The van der Waals surface area contributed by atoms with Crippen molar-refractivity contribution in [3.63, 3.8) is 0 Å². The van der Waals surface area contributed by atoms with Gasteiger partial charge in [0.25, 0.3) is 0 Å². The van der Waals surface area contributed by atoms with E-state index in [4.69, 9.17) is 9.47 Å². The number of carbonyl (C=O) groups excluding carboxylic acids is 1. The lowest BCUT2D eigenvalue weighted by Gasteiger charge is -2.07. The zero-order chi connectivity index (χ0) is 17.6. The number of amides is 1. The van der Waals surface area contributed by atoms with E-state index in [-0.39, 0.29) is 5.91 Å². The Morgan fingerprint density at radius 1 is 1.16 bits per heavy atom. The third-order valence-electron chi connectivity index (χ3n) is 3.34. The minimum Gasteiger partial charge on any atom is -0.493 e. The van der Waals surface area contributed by atoms with Gasteiger partial charge >= 0.3 is 0 Å². The van der Waals surface area contributed by atoms with Crippen LogP contribution in [0, 0.1) is 0 Å². The number of nitrogens with one attached hydrogen (secondary N) is 1. The smallest absolute Gasteiger partial charge is 0.250 e. The van der Waals surface area contributed by atoms with Crippen molar-refractivity contribution in [1.82, 2.24) is 4.98 Å². The normalized spacial score (nSPS) is 10.8. The highest BCUT2D eigenvalue weighted by molar-refractivity contribution is 7.16. The Bertz CT molecular complexity index is 886. The highest BCUT2D eigenvalue weighted by Gasteiger charge is 2.07. The molecule has 128 valence electrons. The number of hydrogen-bond donors (Lipinski definition) is 1. The quantitative estimate of drug-likeness (QED) is 0.645. The summed E-state index contributed by atoms with van der Waals surface area (Å²) in [4.78, 5) is 17.6. The Kier molecular flexibility index (Phi) is 5.47. The van der Waals surface area contributed by atoms with E-state index in [1.54, 1.807) is 43.8 Å². The van der Waals surface area contributed by atoms with E-state index >= 15 is 0 Å². The Hall–Kier alpha value is -2.64. The summed E-state index contributed by atoms with van der Waals surface area (Å²) < 4.78 is 10.4. The van der Waals surface area contributed by atoms with E-state index in [0.717, 1.165) is 16.1 Å². The van der Waals surface area contributed by atoms with Crippen molar-refractivity contribution < 1.29 is 14.3 Å². The number of benzene rings is 1. The van der Waals surface area contributed by atoms with Gasteiger partial charge in [-0.2, -0.15) is 0 Å². The highest BCUT2D eigenvalue weighted by atomic mass is 32.1.